The van der Waals surface area contributed by atoms with Gasteiger partial charge >= 0.3 is 4.87 Å². The van der Waals surface area contributed by atoms with Crippen molar-refractivity contribution in [2.75, 3.05) is 0 Å². The number of nitrogens with one attached hydrogen (secondary N) is 2. The number of aromatic nitrogens is 3. The van der Waals surface area contributed by atoms with Crippen molar-refractivity contribution >= 4 is 11.3 Å². The van der Waals surface area contributed by atoms with Gasteiger partial charge in [0.15, 0.2) is 0 Å². The van der Waals surface area contributed by atoms with E-state index in [1.807, 2.05) is 18.4 Å². The van der Waals surface area contributed by atoms with Crippen molar-refractivity contribution in [1.82, 2.24) is 20.3 Å². The number of hydrogen-bond donors (Lipinski definition) is 2. The maximum atomic E-state index is 10.9. The Kier molecular flexibility index (Phi) is 3.43. The zero-order valence-electron chi connectivity index (χ0n) is 8.86. The molecule has 0 atom stereocenters. The van der Waals surface area contributed by atoms with Crippen molar-refractivity contribution in [3.8, 4) is 0 Å². The summed E-state index contributed by atoms with van der Waals surface area (Å²) in [5.74, 6) is 0.767. The van der Waals surface area contributed by atoms with Crippen LogP contribution in [0.2, 0.25) is 0 Å². The van der Waals surface area contributed by atoms with Crippen LogP contribution < -0.4 is 10.2 Å². The van der Waals surface area contributed by atoms with Gasteiger partial charge in [0.25, 0.3) is 0 Å². The van der Waals surface area contributed by atoms with Crippen LogP contribution in [0.3, 0.4) is 0 Å². The summed E-state index contributed by atoms with van der Waals surface area (Å²) < 4.78 is 0. The highest BCUT2D eigenvalue weighted by atomic mass is 32.1. The lowest BCUT2D eigenvalue weighted by Gasteiger charge is -2.02. The minimum Gasteiger partial charge on any atom is -0.315 e. The molecule has 0 amide bonds. The summed E-state index contributed by atoms with van der Waals surface area (Å²) in [5, 5.41) is 5.02. The van der Waals surface area contributed by atoms with Crippen LogP contribution >= 0.6 is 11.3 Å². The van der Waals surface area contributed by atoms with E-state index in [9.17, 15) is 4.79 Å². The van der Waals surface area contributed by atoms with Gasteiger partial charge in [-0.05, 0) is 13.0 Å². The fraction of sp³-hybridized carbons (Fsp3) is 0.300. The van der Waals surface area contributed by atoms with Crippen molar-refractivity contribution in [2.45, 2.75) is 20.0 Å². The third-order valence-corrected chi connectivity index (χ3v) is 2.74. The smallest absolute Gasteiger partial charge is 0.304 e. The minimum absolute atomic E-state index is 0.0188. The Labute approximate surface area is 96.6 Å². The monoisotopic (exact) mass is 236 g/mol. The molecule has 0 aliphatic rings. The molecule has 0 spiro atoms. The largest absolute Gasteiger partial charge is 0.315 e. The first-order chi connectivity index (χ1) is 7.74. The third kappa shape index (κ3) is 2.98. The maximum Gasteiger partial charge on any atom is 0.304 e. The van der Waals surface area contributed by atoms with E-state index < -0.39 is 0 Å². The molecule has 16 heavy (non-hydrogen) atoms. The Morgan fingerprint density at radius 1 is 1.50 bits per heavy atom. The van der Waals surface area contributed by atoms with Gasteiger partial charge in [-0.1, -0.05) is 11.3 Å². The average molecular weight is 236 g/mol. The molecule has 0 aliphatic heterocycles. The highest BCUT2D eigenvalue weighted by Crippen LogP contribution is 1.97. The molecular weight excluding hydrogens is 224 g/mol. The van der Waals surface area contributed by atoms with E-state index >= 15 is 0 Å². The van der Waals surface area contributed by atoms with Crippen molar-refractivity contribution in [3.05, 3.63) is 44.5 Å². The second-order valence-electron chi connectivity index (χ2n) is 3.37. The molecule has 6 heteroatoms. The Morgan fingerprint density at radius 3 is 3.06 bits per heavy atom. The Balaban J connectivity index is 1.86. The van der Waals surface area contributed by atoms with Crippen LogP contribution in [-0.4, -0.2) is 15.0 Å². The summed E-state index contributed by atoms with van der Waals surface area (Å²) in [6, 6.07) is 1.87. The van der Waals surface area contributed by atoms with Crippen LogP contribution in [0.15, 0.2) is 22.4 Å². The van der Waals surface area contributed by atoms with Crippen LogP contribution in [0.1, 0.15) is 17.2 Å². The van der Waals surface area contributed by atoms with Gasteiger partial charge in [0.05, 0.1) is 5.69 Å². The fourth-order valence-corrected chi connectivity index (χ4v) is 1.91. The number of rotatable bonds is 4. The lowest BCUT2D eigenvalue weighted by atomic mass is 10.4. The average Bonchev–Trinajstić information content (AvgIpc) is 2.64. The summed E-state index contributed by atoms with van der Waals surface area (Å²) in [6.45, 7) is 3.17. The first kappa shape index (κ1) is 11.0. The third-order valence-electron chi connectivity index (χ3n) is 2.03. The van der Waals surface area contributed by atoms with E-state index in [1.165, 1.54) is 11.3 Å². The lowest BCUT2D eigenvalue weighted by Crippen LogP contribution is -2.15. The molecular formula is C10H12N4OS. The van der Waals surface area contributed by atoms with E-state index in [0.29, 0.717) is 13.1 Å². The number of aryl methyl sites for hydroxylation is 1. The van der Waals surface area contributed by atoms with Crippen molar-refractivity contribution in [3.63, 3.8) is 0 Å². The minimum atomic E-state index is -0.0188. The zero-order chi connectivity index (χ0) is 11.4. The Hall–Kier alpha value is -1.53. The van der Waals surface area contributed by atoms with E-state index in [0.717, 1.165) is 17.2 Å². The first-order valence-corrected chi connectivity index (χ1v) is 5.78. The van der Waals surface area contributed by atoms with Crippen molar-refractivity contribution in [2.24, 2.45) is 0 Å². The highest BCUT2D eigenvalue weighted by molar-refractivity contribution is 7.07. The van der Waals surface area contributed by atoms with E-state index in [2.05, 4.69) is 20.3 Å². The van der Waals surface area contributed by atoms with Gasteiger partial charge in [-0.2, -0.15) is 0 Å². The second-order valence-corrected chi connectivity index (χ2v) is 4.21. The molecule has 2 N–H and O–H groups in total. The summed E-state index contributed by atoms with van der Waals surface area (Å²) in [4.78, 5) is 21.9. The molecule has 5 nitrogen and oxygen atoms in total. The second kappa shape index (κ2) is 5.00. The molecule has 2 rings (SSSR count). The van der Waals surface area contributed by atoms with Gasteiger partial charge < -0.3 is 10.3 Å². The summed E-state index contributed by atoms with van der Waals surface area (Å²) in [5.41, 5.74) is 1.85. The Morgan fingerprint density at radius 2 is 2.38 bits per heavy atom. The van der Waals surface area contributed by atoms with Crippen molar-refractivity contribution < 1.29 is 0 Å². The number of aromatic amines is 1. The van der Waals surface area contributed by atoms with E-state index in [4.69, 9.17) is 0 Å². The van der Waals surface area contributed by atoms with Crippen LogP contribution in [0.25, 0.3) is 0 Å². The molecule has 0 aliphatic carbocycles. The molecule has 2 aromatic rings. The number of H-pyrrole nitrogens is 1. The number of nitrogens with zero attached hydrogens (tertiary/aromatic N) is 2. The summed E-state index contributed by atoms with van der Waals surface area (Å²) in [7, 11) is 0. The summed E-state index contributed by atoms with van der Waals surface area (Å²) >= 11 is 1.18. The van der Waals surface area contributed by atoms with Gasteiger partial charge in [0, 0.05) is 30.4 Å². The summed E-state index contributed by atoms with van der Waals surface area (Å²) in [6.07, 6.45) is 1.74. The van der Waals surface area contributed by atoms with Crippen LogP contribution in [0.5, 0.6) is 0 Å². The van der Waals surface area contributed by atoms with Gasteiger partial charge in [-0.15, -0.1) is 0 Å². The van der Waals surface area contributed by atoms with Gasteiger partial charge in [-0.3, -0.25) is 4.79 Å². The molecule has 0 fully saturated rings. The SMILES string of the molecule is Cc1nccc(CNCc2csc(=O)[nH]2)n1. The topological polar surface area (TPSA) is 70.7 Å². The van der Waals surface area contributed by atoms with Gasteiger partial charge in [-0.25, -0.2) is 9.97 Å². The quantitative estimate of drug-likeness (QED) is 0.824. The van der Waals surface area contributed by atoms with Gasteiger partial charge in [0.2, 0.25) is 0 Å². The predicted octanol–water partition coefficient (Wildman–Crippen LogP) is 0.825. The van der Waals surface area contributed by atoms with E-state index in [-0.39, 0.29) is 4.87 Å². The zero-order valence-corrected chi connectivity index (χ0v) is 9.67. The molecule has 0 saturated heterocycles. The molecule has 0 unspecified atom stereocenters. The standard InChI is InChI=1S/C10H12N4OS/c1-7-12-3-2-8(13-7)4-11-5-9-6-16-10(15)14-9/h2-3,6,11H,4-5H2,1H3,(H,14,15). The number of thiazole rings is 1. The molecule has 2 aromatic heterocycles. The molecule has 0 saturated carbocycles. The number of hydrogen-bond acceptors (Lipinski definition) is 5. The molecule has 0 radical (unpaired) electrons. The molecule has 84 valence electrons. The van der Waals surface area contributed by atoms with Crippen LogP contribution in [0, 0.1) is 6.92 Å². The normalized spacial score (nSPS) is 10.6. The molecule has 0 aromatic carbocycles. The predicted molar refractivity (Wildman–Crippen MR) is 62.3 cm³/mol. The first-order valence-electron chi connectivity index (χ1n) is 4.90. The van der Waals surface area contributed by atoms with Gasteiger partial charge in [0.1, 0.15) is 5.82 Å². The van der Waals surface area contributed by atoms with E-state index in [1.54, 1.807) is 6.20 Å². The molecule has 0 bridgehead atoms. The Bertz CT molecular complexity index is 519. The van der Waals surface area contributed by atoms with Crippen molar-refractivity contribution in [1.29, 1.82) is 0 Å². The lowest BCUT2D eigenvalue weighted by molar-refractivity contribution is 0.665. The molecule has 2 heterocycles. The highest BCUT2D eigenvalue weighted by Gasteiger charge is 1.98. The maximum absolute atomic E-state index is 10.9. The fourth-order valence-electron chi connectivity index (χ4n) is 1.33. The van der Waals surface area contributed by atoms with Crippen LogP contribution in [-0.2, 0) is 13.1 Å². The van der Waals surface area contributed by atoms with Crippen LogP contribution in [0.4, 0.5) is 0 Å².